The fourth-order valence-electron chi connectivity index (χ4n) is 3.67. The molecule has 3 fully saturated rings. The van der Waals surface area contributed by atoms with Gasteiger partial charge in [0.25, 0.3) is 0 Å². The van der Waals surface area contributed by atoms with E-state index >= 15 is 0 Å². The lowest BCUT2D eigenvalue weighted by molar-refractivity contribution is 0.0804. The molecule has 25 heavy (non-hydrogen) atoms. The Balaban J connectivity index is 1.84. The van der Waals surface area contributed by atoms with Gasteiger partial charge in [0.1, 0.15) is 17.2 Å². The summed E-state index contributed by atoms with van der Waals surface area (Å²) in [6.07, 6.45) is 0.568. The lowest BCUT2D eigenvalue weighted by Crippen LogP contribution is -2.64. The number of piperidine rings is 2. The standard InChI is InChI=1S/C15H12BrClF2N4O2/c16-10-9(18)3-8-12(11(10)19)20-14(17)21-13(8)22-4-7-2-1-6(22)5-23(7)15(24)25/h3,6-7H,1-2,4-5H2,(H,24,25). The van der Waals surface area contributed by atoms with Crippen molar-refractivity contribution in [3.63, 3.8) is 0 Å². The Morgan fingerprint density at radius 3 is 2.64 bits per heavy atom. The largest absolute Gasteiger partial charge is 0.465 e. The van der Waals surface area contributed by atoms with E-state index in [0.29, 0.717) is 18.9 Å². The van der Waals surface area contributed by atoms with Gasteiger partial charge in [-0.25, -0.2) is 18.6 Å². The quantitative estimate of drug-likeness (QED) is 0.549. The van der Waals surface area contributed by atoms with Crippen molar-refractivity contribution in [2.75, 3.05) is 18.0 Å². The number of amides is 1. The SMILES string of the molecule is O=C(O)N1CC2CCC1CN2c1nc(Cl)nc2c(F)c(Br)c(F)cc12. The van der Waals surface area contributed by atoms with Crippen LogP contribution < -0.4 is 4.90 Å². The molecule has 132 valence electrons. The highest BCUT2D eigenvalue weighted by atomic mass is 79.9. The second-order valence-corrected chi connectivity index (χ2v) is 7.30. The molecule has 2 aromatic rings. The van der Waals surface area contributed by atoms with Gasteiger partial charge in [0.15, 0.2) is 5.82 Å². The van der Waals surface area contributed by atoms with Crippen molar-refractivity contribution in [1.82, 2.24) is 14.9 Å². The molecule has 2 unspecified atom stereocenters. The van der Waals surface area contributed by atoms with Crippen LogP contribution in [0, 0.1) is 11.6 Å². The normalized spacial score (nSPS) is 22.7. The van der Waals surface area contributed by atoms with Crippen LogP contribution in [0.5, 0.6) is 0 Å². The fraction of sp³-hybridized carbons (Fsp3) is 0.400. The molecular weight excluding hydrogens is 422 g/mol. The van der Waals surface area contributed by atoms with Crippen molar-refractivity contribution in [3.05, 3.63) is 27.5 Å². The van der Waals surface area contributed by atoms with E-state index in [2.05, 4.69) is 25.9 Å². The number of nitrogens with zero attached hydrogens (tertiary/aromatic N) is 4. The zero-order chi connectivity index (χ0) is 17.9. The molecule has 3 saturated heterocycles. The number of hydrogen-bond donors (Lipinski definition) is 1. The first kappa shape index (κ1) is 16.7. The minimum atomic E-state index is -0.957. The Bertz CT molecular complexity index is 900. The molecule has 4 heterocycles. The number of piperazine rings is 1. The third-order valence-corrected chi connectivity index (χ3v) is 5.72. The molecule has 1 aromatic heterocycles. The van der Waals surface area contributed by atoms with Gasteiger partial charge in [-0.2, -0.15) is 4.98 Å². The first-order valence-electron chi connectivity index (χ1n) is 7.63. The minimum absolute atomic E-state index is 0.0696. The van der Waals surface area contributed by atoms with E-state index in [9.17, 15) is 18.7 Å². The van der Waals surface area contributed by atoms with Crippen LogP contribution in [0.3, 0.4) is 0 Å². The van der Waals surface area contributed by atoms with Crippen LogP contribution in [0.1, 0.15) is 12.8 Å². The summed E-state index contributed by atoms with van der Waals surface area (Å²) in [5.74, 6) is -1.26. The number of halogens is 4. The van der Waals surface area contributed by atoms with Crippen molar-refractivity contribution in [1.29, 1.82) is 0 Å². The highest BCUT2D eigenvalue weighted by molar-refractivity contribution is 9.10. The molecule has 0 radical (unpaired) electrons. The molecule has 2 bridgehead atoms. The summed E-state index contributed by atoms with van der Waals surface area (Å²) >= 11 is 8.82. The summed E-state index contributed by atoms with van der Waals surface area (Å²) in [5, 5.41) is 9.37. The molecule has 10 heteroatoms. The topological polar surface area (TPSA) is 69.6 Å². The summed E-state index contributed by atoms with van der Waals surface area (Å²) in [7, 11) is 0. The van der Waals surface area contributed by atoms with Gasteiger partial charge >= 0.3 is 6.09 Å². The first-order chi connectivity index (χ1) is 11.9. The molecule has 1 aromatic carbocycles. The van der Waals surface area contributed by atoms with Gasteiger partial charge in [-0.3, -0.25) is 0 Å². The zero-order valence-corrected chi connectivity index (χ0v) is 15.1. The predicted octanol–water partition coefficient (Wildman–Crippen LogP) is 3.65. The molecule has 0 aliphatic carbocycles. The molecule has 6 nitrogen and oxygen atoms in total. The van der Waals surface area contributed by atoms with Crippen LogP contribution in [0.2, 0.25) is 5.28 Å². The number of rotatable bonds is 1. The summed E-state index contributed by atoms with van der Waals surface area (Å²) in [5.41, 5.74) is -0.0696. The number of carboxylic acid groups (broad SMARTS) is 1. The molecule has 3 aliphatic heterocycles. The van der Waals surface area contributed by atoms with Crippen LogP contribution in [-0.2, 0) is 0 Å². The number of benzene rings is 1. The summed E-state index contributed by atoms with van der Waals surface area (Å²) < 4.78 is 28.1. The van der Waals surface area contributed by atoms with Gasteiger partial charge in [0, 0.05) is 24.5 Å². The van der Waals surface area contributed by atoms with Crippen LogP contribution in [0.15, 0.2) is 10.5 Å². The average molecular weight is 434 g/mol. The zero-order valence-electron chi connectivity index (χ0n) is 12.7. The highest BCUT2D eigenvalue weighted by Crippen LogP contribution is 2.37. The molecule has 1 N–H and O–H groups in total. The van der Waals surface area contributed by atoms with Gasteiger partial charge in [-0.15, -0.1) is 0 Å². The Labute approximate surface area is 154 Å². The third-order valence-electron chi connectivity index (χ3n) is 4.83. The van der Waals surface area contributed by atoms with Crippen LogP contribution in [0.25, 0.3) is 10.9 Å². The van der Waals surface area contributed by atoms with E-state index in [1.165, 1.54) is 11.0 Å². The van der Waals surface area contributed by atoms with E-state index in [1.807, 2.05) is 4.90 Å². The van der Waals surface area contributed by atoms with Crippen LogP contribution in [0.4, 0.5) is 19.4 Å². The molecular formula is C15H12BrClF2N4O2. The molecule has 0 saturated carbocycles. The van der Waals surface area contributed by atoms with E-state index in [0.717, 1.165) is 12.8 Å². The highest BCUT2D eigenvalue weighted by Gasteiger charge is 2.42. The monoisotopic (exact) mass is 432 g/mol. The maximum Gasteiger partial charge on any atom is 0.407 e. The van der Waals surface area contributed by atoms with Gasteiger partial charge in [0.2, 0.25) is 5.28 Å². The minimum Gasteiger partial charge on any atom is -0.465 e. The van der Waals surface area contributed by atoms with Gasteiger partial charge < -0.3 is 14.9 Å². The van der Waals surface area contributed by atoms with Gasteiger partial charge in [0.05, 0.1) is 10.5 Å². The van der Waals surface area contributed by atoms with E-state index in [1.54, 1.807) is 0 Å². The van der Waals surface area contributed by atoms with E-state index < -0.39 is 17.7 Å². The smallest absolute Gasteiger partial charge is 0.407 e. The number of fused-ring (bicyclic) bond motifs is 4. The van der Waals surface area contributed by atoms with Crippen molar-refractivity contribution in [2.45, 2.75) is 24.9 Å². The molecule has 1 amide bonds. The molecule has 0 spiro atoms. The predicted molar refractivity (Wildman–Crippen MR) is 91.1 cm³/mol. The number of aromatic nitrogens is 2. The van der Waals surface area contributed by atoms with Crippen molar-refractivity contribution in [3.8, 4) is 0 Å². The van der Waals surface area contributed by atoms with E-state index in [4.69, 9.17) is 11.6 Å². The lowest BCUT2D eigenvalue weighted by atomic mass is 9.91. The molecule has 3 aliphatic rings. The van der Waals surface area contributed by atoms with Crippen molar-refractivity contribution >= 4 is 50.3 Å². The van der Waals surface area contributed by atoms with Gasteiger partial charge in [-0.05, 0) is 46.4 Å². The first-order valence-corrected chi connectivity index (χ1v) is 8.81. The molecule has 2 atom stereocenters. The number of anilines is 1. The Morgan fingerprint density at radius 1 is 1.28 bits per heavy atom. The maximum atomic E-state index is 14.4. The van der Waals surface area contributed by atoms with Crippen molar-refractivity contribution in [2.24, 2.45) is 0 Å². The molecule has 5 rings (SSSR count). The number of hydrogen-bond acceptors (Lipinski definition) is 4. The van der Waals surface area contributed by atoms with Crippen molar-refractivity contribution < 1.29 is 18.7 Å². The lowest BCUT2D eigenvalue weighted by Gasteiger charge is -2.51. The summed E-state index contributed by atoms with van der Waals surface area (Å²) in [4.78, 5) is 22.7. The Hall–Kier alpha value is -1.74. The average Bonchev–Trinajstić information content (AvgIpc) is 2.60. The van der Waals surface area contributed by atoms with Gasteiger partial charge in [-0.1, -0.05) is 0 Å². The second kappa shape index (κ2) is 5.91. The summed E-state index contributed by atoms with van der Waals surface area (Å²) in [6.45, 7) is 0.726. The number of carbonyl (C=O) groups is 1. The Kier molecular flexibility index (Phi) is 3.95. The fourth-order valence-corrected chi connectivity index (χ4v) is 4.14. The maximum absolute atomic E-state index is 14.4. The van der Waals surface area contributed by atoms with E-state index in [-0.39, 0.29) is 32.7 Å². The Morgan fingerprint density at radius 2 is 2.00 bits per heavy atom. The van der Waals surface area contributed by atoms with Crippen LogP contribution >= 0.6 is 27.5 Å². The summed E-state index contributed by atoms with van der Waals surface area (Å²) in [6, 6.07) is 0.868. The third kappa shape index (κ3) is 2.60. The van der Waals surface area contributed by atoms with Crippen LogP contribution in [-0.4, -0.2) is 51.2 Å². The second-order valence-electron chi connectivity index (χ2n) is 6.17.